The molecule has 1 amide bonds. The van der Waals surface area contributed by atoms with E-state index in [1.165, 1.54) is 23.6 Å². The smallest absolute Gasteiger partial charge is 0.338 e. The fourth-order valence-corrected chi connectivity index (χ4v) is 4.87. The van der Waals surface area contributed by atoms with Gasteiger partial charge in [0.2, 0.25) is 0 Å². The summed E-state index contributed by atoms with van der Waals surface area (Å²) in [4.78, 5) is 25.1. The maximum Gasteiger partial charge on any atom is 0.338 e. The van der Waals surface area contributed by atoms with Gasteiger partial charge in [-0.25, -0.2) is 4.79 Å². The second kappa shape index (κ2) is 8.99. The Hall–Kier alpha value is -2.69. The molecule has 2 aromatic heterocycles. The Labute approximate surface area is 177 Å². The van der Waals surface area contributed by atoms with Gasteiger partial charge in [0.1, 0.15) is 11.2 Å². The van der Waals surface area contributed by atoms with Gasteiger partial charge in [-0.05, 0) is 30.9 Å². The topological polar surface area (TPSA) is 124 Å². The summed E-state index contributed by atoms with van der Waals surface area (Å²) in [6.07, 6.45) is 3.96. The molecule has 0 spiro atoms. The highest BCUT2D eigenvalue weighted by atomic mass is 32.1. The molecule has 0 aromatic carbocycles. The third-order valence-corrected chi connectivity index (χ3v) is 6.34. The number of carbonyl (C=O) groups excluding carboxylic acids is 1. The number of hydrogen-bond acceptors (Lipinski definition) is 7. The predicted octanol–water partition coefficient (Wildman–Crippen LogP) is 1.89. The molecule has 2 aliphatic heterocycles. The van der Waals surface area contributed by atoms with Crippen LogP contribution in [0.1, 0.15) is 50.5 Å². The second-order valence-corrected chi connectivity index (χ2v) is 8.38. The Bertz CT molecular complexity index is 941. The van der Waals surface area contributed by atoms with Crippen LogP contribution in [-0.2, 0) is 22.5 Å². The summed E-state index contributed by atoms with van der Waals surface area (Å²) in [6.45, 7) is 1.12. The van der Waals surface area contributed by atoms with Crippen molar-refractivity contribution in [3.05, 3.63) is 51.3 Å². The molecule has 160 valence electrons. The number of hydrogen-bond donors (Lipinski definition) is 3. The van der Waals surface area contributed by atoms with Crippen LogP contribution in [0.2, 0.25) is 0 Å². The van der Waals surface area contributed by atoms with Gasteiger partial charge in [0.25, 0.3) is 5.69 Å². The number of aromatic nitrogens is 1. The van der Waals surface area contributed by atoms with Crippen molar-refractivity contribution in [3.8, 4) is 0 Å². The summed E-state index contributed by atoms with van der Waals surface area (Å²) in [5.74, 6) is -1.49. The molecule has 1 saturated heterocycles. The Balaban J connectivity index is 1.44. The normalized spacial score (nSPS) is 20.9. The summed E-state index contributed by atoms with van der Waals surface area (Å²) >= 11 is 1.38. The molecule has 0 radical (unpaired) electrons. The van der Waals surface area contributed by atoms with Gasteiger partial charge < -0.3 is 30.4 Å². The number of nitrogens with zero attached hydrogens (tertiary/aromatic N) is 1. The van der Waals surface area contributed by atoms with Crippen LogP contribution in [0.25, 0.3) is 0 Å². The maximum atomic E-state index is 12.3. The predicted molar refractivity (Wildman–Crippen MR) is 109 cm³/mol. The highest BCUT2D eigenvalue weighted by Crippen LogP contribution is 2.38. The van der Waals surface area contributed by atoms with Gasteiger partial charge in [-0.2, -0.15) is 4.73 Å². The summed E-state index contributed by atoms with van der Waals surface area (Å²) in [5.41, 5.74) is 0.980. The molecule has 4 heterocycles. The second-order valence-electron chi connectivity index (χ2n) is 7.27. The number of pyridine rings is 1. The number of carbonyl (C=O) groups is 2. The average Bonchev–Trinajstić information content (AvgIpc) is 3.10. The van der Waals surface area contributed by atoms with E-state index < -0.39 is 11.9 Å². The lowest BCUT2D eigenvalue weighted by Gasteiger charge is -2.24. The number of ether oxygens (including phenoxy) is 2. The first-order valence-electron chi connectivity index (χ1n) is 9.87. The van der Waals surface area contributed by atoms with Crippen LogP contribution in [0.3, 0.4) is 0 Å². The van der Waals surface area contributed by atoms with E-state index in [0.29, 0.717) is 22.8 Å². The van der Waals surface area contributed by atoms with Gasteiger partial charge in [0.15, 0.2) is 6.20 Å². The minimum atomic E-state index is -0.993. The maximum absolute atomic E-state index is 12.3. The van der Waals surface area contributed by atoms with Crippen LogP contribution >= 0.6 is 11.3 Å². The van der Waals surface area contributed by atoms with Crippen LogP contribution in [0.15, 0.2) is 24.4 Å². The van der Waals surface area contributed by atoms with Crippen LogP contribution in [0, 0.1) is 5.21 Å². The first kappa shape index (κ1) is 20.6. The Morgan fingerprint density at radius 3 is 2.90 bits per heavy atom. The van der Waals surface area contributed by atoms with E-state index >= 15 is 0 Å². The molecule has 10 heteroatoms. The SMILES string of the molecule is O=C(O)c1c(NC2CCCCO2)sc2c1CC(CNC(=O)c1cccc[n+]1[O-])OC2. The Morgan fingerprint density at radius 1 is 1.30 bits per heavy atom. The van der Waals surface area contributed by atoms with Gasteiger partial charge in [-0.15, -0.1) is 11.3 Å². The van der Waals surface area contributed by atoms with Crippen LogP contribution in [0.5, 0.6) is 0 Å². The molecule has 0 aliphatic carbocycles. The highest BCUT2D eigenvalue weighted by Gasteiger charge is 2.31. The molecule has 9 nitrogen and oxygen atoms in total. The lowest BCUT2D eigenvalue weighted by Crippen LogP contribution is -2.42. The summed E-state index contributed by atoms with van der Waals surface area (Å²) in [5, 5.41) is 28.0. The van der Waals surface area contributed by atoms with Crippen molar-refractivity contribution < 1.29 is 28.9 Å². The third-order valence-electron chi connectivity index (χ3n) is 5.21. The lowest BCUT2D eigenvalue weighted by molar-refractivity contribution is -0.607. The number of anilines is 1. The number of nitrogens with one attached hydrogen (secondary N) is 2. The molecule has 0 bridgehead atoms. The number of aromatic carboxylic acids is 1. The number of rotatable bonds is 6. The lowest BCUT2D eigenvalue weighted by atomic mass is 10.0. The van der Waals surface area contributed by atoms with E-state index in [-0.39, 0.29) is 36.7 Å². The number of amides is 1. The molecule has 2 aliphatic rings. The summed E-state index contributed by atoms with van der Waals surface area (Å²) in [7, 11) is 0. The average molecular weight is 433 g/mol. The molecule has 1 fully saturated rings. The number of carboxylic acids is 1. The molecule has 2 aromatic rings. The van der Waals surface area contributed by atoms with Crippen molar-refractivity contribution in [3.63, 3.8) is 0 Å². The van der Waals surface area contributed by atoms with E-state index in [9.17, 15) is 19.9 Å². The molecule has 4 rings (SSSR count). The van der Waals surface area contributed by atoms with E-state index in [0.717, 1.165) is 29.7 Å². The van der Waals surface area contributed by atoms with Gasteiger partial charge in [-0.1, -0.05) is 0 Å². The van der Waals surface area contributed by atoms with Gasteiger partial charge in [0.05, 0.1) is 18.3 Å². The number of thiophene rings is 1. The quantitative estimate of drug-likeness (QED) is 0.469. The van der Waals surface area contributed by atoms with Crippen molar-refractivity contribution >= 4 is 28.2 Å². The molecule has 3 N–H and O–H groups in total. The van der Waals surface area contributed by atoms with Crippen molar-refractivity contribution in [2.45, 2.75) is 44.6 Å². The number of carboxylic acid groups (broad SMARTS) is 1. The number of fused-ring (bicyclic) bond motifs is 1. The van der Waals surface area contributed by atoms with Gasteiger partial charge in [0, 0.05) is 36.6 Å². The molecular weight excluding hydrogens is 410 g/mol. The zero-order valence-corrected chi connectivity index (χ0v) is 17.1. The molecular formula is C20H23N3O6S. The monoisotopic (exact) mass is 433 g/mol. The van der Waals surface area contributed by atoms with Crippen LogP contribution in [0.4, 0.5) is 5.00 Å². The first-order chi connectivity index (χ1) is 14.5. The van der Waals surface area contributed by atoms with Crippen molar-refractivity contribution in [2.24, 2.45) is 0 Å². The third kappa shape index (κ3) is 4.40. The van der Waals surface area contributed by atoms with E-state index in [2.05, 4.69) is 10.6 Å². The van der Waals surface area contributed by atoms with Crippen molar-refractivity contribution in [1.82, 2.24) is 5.32 Å². The fourth-order valence-electron chi connectivity index (χ4n) is 3.69. The summed E-state index contributed by atoms with van der Waals surface area (Å²) < 4.78 is 12.0. The van der Waals surface area contributed by atoms with Crippen molar-refractivity contribution in [2.75, 3.05) is 18.5 Å². The standard InChI is InChI=1S/C20H23N3O6S/c24-18(14-5-1-3-7-23(14)27)21-10-12-9-13-15(11-29-12)30-19(17(13)20(25)26)22-16-6-2-4-8-28-16/h1,3,5,7,12,16,22H,2,4,6,8-11H2,(H,21,24)(H,25,26). The Kier molecular flexibility index (Phi) is 6.16. The zero-order valence-electron chi connectivity index (χ0n) is 16.3. The molecule has 0 saturated carbocycles. The molecule has 30 heavy (non-hydrogen) atoms. The molecule has 2 unspecified atom stereocenters. The minimum absolute atomic E-state index is 0.00488. The van der Waals surface area contributed by atoms with Gasteiger partial charge in [-0.3, -0.25) is 4.79 Å². The Morgan fingerprint density at radius 2 is 2.17 bits per heavy atom. The molecule has 2 atom stereocenters. The van der Waals surface area contributed by atoms with Crippen LogP contribution in [-0.4, -0.2) is 42.5 Å². The largest absolute Gasteiger partial charge is 0.618 e. The minimum Gasteiger partial charge on any atom is -0.618 e. The zero-order chi connectivity index (χ0) is 21.1. The highest BCUT2D eigenvalue weighted by molar-refractivity contribution is 7.16. The first-order valence-corrected chi connectivity index (χ1v) is 10.7. The van der Waals surface area contributed by atoms with E-state index in [1.807, 2.05) is 0 Å². The fraction of sp³-hybridized carbons (Fsp3) is 0.450. The van der Waals surface area contributed by atoms with Crippen LogP contribution < -0.4 is 15.4 Å². The summed E-state index contributed by atoms with van der Waals surface area (Å²) in [6, 6.07) is 4.60. The van der Waals surface area contributed by atoms with E-state index in [1.54, 1.807) is 12.1 Å². The van der Waals surface area contributed by atoms with Crippen molar-refractivity contribution in [1.29, 1.82) is 0 Å². The van der Waals surface area contributed by atoms with Gasteiger partial charge >= 0.3 is 11.9 Å². The van der Waals surface area contributed by atoms with E-state index in [4.69, 9.17) is 9.47 Å².